The Morgan fingerprint density at radius 2 is 2.11 bits per heavy atom. The molecular formula is C12H15N3O2S2. The van der Waals surface area contributed by atoms with Crippen molar-refractivity contribution in [3.8, 4) is 0 Å². The van der Waals surface area contributed by atoms with E-state index in [0.717, 1.165) is 10.6 Å². The molecule has 0 radical (unpaired) electrons. The van der Waals surface area contributed by atoms with E-state index in [1.807, 2.05) is 6.92 Å². The molecule has 2 aromatic rings. The van der Waals surface area contributed by atoms with E-state index in [1.165, 1.54) is 17.4 Å². The van der Waals surface area contributed by atoms with Crippen LogP contribution in [0.5, 0.6) is 0 Å². The second kappa shape index (κ2) is 5.28. The summed E-state index contributed by atoms with van der Waals surface area (Å²) in [4.78, 5) is 4.26. The van der Waals surface area contributed by atoms with Gasteiger partial charge in [-0.2, -0.15) is 0 Å². The first-order valence-electron chi connectivity index (χ1n) is 5.65. The minimum atomic E-state index is -3.58. The quantitative estimate of drug-likeness (QED) is 0.843. The Labute approximate surface area is 116 Å². The Hall–Kier alpha value is -1.44. The van der Waals surface area contributed by atoms with Gasteiger partial charge < -0.3 is 5.73 Å². The highest BCUT2D eigenvalue weighted by molar-refractivity contribution is 7.89. The zero-order chi connectivity index (χ0) is 14.0. The first kappa shape index (κ1) is 14.0. The summed E-state index contributed by atoms with van der Waals surface area (Å²) in [7, 11) is -3.58. The summed E-state index contributed by atoms with van der Waals surface area (Å²) >= 11 is 1.41. The van der Waals surface area contributed by atoms with Crippen LogP contribution in [0.2, 0.25) is 0 Å². The van der Waals surface area contributed by atoms with Gasteiger partial charge in [-0.1, -0.05) is 0 Å². The van der Waals surface area contributed by atoms with Crippen LogP contribution in [0.25, 0.3) is 0 Å². The third-order valence-electron chi connectivity index (χ3n) is 2.83. The lowest BCUT2D eigenvalue weighted by molar-refractivity contribution is 0.580. The van der Waals surface area contributed by atoms with Crippen LogP contribution in [0, 0.1) is 13.8 Å². The van der Waals surface area contributed by atoms with E-state index in [1.54, 1.807) is 24.6 Å². The average Bonchev–Trinajstić information content (AvgIpc) is 2.84. The highest BCUT2D eigenvalue weighted by Gasteiger charge is 2.18. The van der Waals surface area contributed by atoms with Crippen LogP contribution in [0.15, 0.2) is 28.6 Å². The number of nitrogens with two attached hydrogens (primary N) is 1. The molecule has 5 nitrogen and oxygen atoms in total. The Kier molecular flexibility index (Phi) is 3.88. The molecule has 0 spiro atoms. The number of sulfonamides is 1. The average molecular weight is 297 g/mol. The monoisotopic (exact) mass is 297 g/mol. The molecule has 2 rings (SSSR count). The van der Waals surface area contributed by atoms with Crippen molar-refractivity contribution in [3.05, 3.63) is 39.8 Å². The molecule has 0 unspecified atom stereocenters. The summed E-state index contributed by atoms with van der Waals surface area (Å²) < 4.78 is 27.1. The van der Waals surface area contributed by atoms with E-state index in [9.17, 15) is 8.42 Å². The van der Waals surface area contributed by atoms with Crippen molar-refractivity contribution in [3.63, 3.8) is 0 Å². The maximum Gasteiger partial charge on any atom is 0.241 e. The minimum Gasteiger partial charge on any atom is -0.399 e. The molecule has 0 fully saturated rings. The molecule has 1 aromatic heterocycles. The maximum atomic E-state index is 12.3. The Morgan fingerprint density at radius 3 is 2.74 bits per heavy atom. The van der Waals surface area contributed by atoms with E-state index >= 15 is 0 Å². The number of hydrogen-bond donors (Lipinski definition) is 2. The van der Waals surface area contributed by atoms with Crippen LogP contribution in [-0.2, 0) is 16.6 Å². The molecule has 0 aliphatic rings. The maximum absolute atomic E-state index is 12.3. The zero-order valence-electron chi connectivity index (χ0n) is 10.7. The van der Waals surface area contributed by atoms with Crippen LogP contribution >= 0.6 is 11.3 Å². The lowest BCUT2D eigenvalue weighted by atomic mass is 10.1. The van der Waals surface area contributed by atoms with Gasteiger partial charge >= 0.3 is 0 Å². The van der Waals surface area contributed by atoms with Crippen molar-refractivity contribution in [2.45, 2.75) is 25.3 Å². The molecule has 0 saturated heterocycles. The molecule has 0 aliphatic heterocycles. The second-order valence-corrected chi connectivity index (χ2v) is 6.93. The fourth-order valence-electron chi connectivity index (χ4n) is 1.71. The molecule has 3 N–H and O–H groups in total. The summed E-state index contributed by atoms with van der Waals surface area (Å²) in [6.45, 7) is 3.80. The Bertz CT molecular complexity index is 679. The van der Waals surface area contributed by atoms with E-state index in [-0.39, 0.29) is 11.4 Å². The highest BCUT2D eigenvalue weighted by atomic mass is 32.2. The summed E-state index contributed by atoms with van der Waals surface area (Å²) in [5.41, 5.74) is 7.72. The molecule has 0 bridgehead atoms. The van der Waals surface area contributed by atoms with Crippen LogP contribution in [0.4, 0.5) is 5.69 Å². The van der Waals surface area contributed by atoms with E-state index < -0.39 is 10.0 Å². The molecule has 7 heteroatoms. The molecular weight excluding hydrogens is 282 g/mol. The van der Waals surface area contributed by atoms with Crippen molar-refractivity contribution < 1.29 is 8.42 Å². The molecule has 0 aliphatic carbocycles. The summed E-state index contributed by atoms with van der Waals surface area (Å²) in [6, 6.07) is 3.24. The third kappa shape index (κ3) is 3.12. The summed E-state index contributed by atoms with van der Waals surface area (Å²) in [6.07, 6.45) is 1.64. The third-order valence-corrected chi connectivity index (χ3v) is 5.14. The van der Waals surface area contributed by atoms with Crippen molar-refractivity contribution in [2.75, 3.05) is 5.73 Å². The van der Waals surface area contributed by atoms with E-state index in [2.05, 4.69) is 9.71 Å². The SMILES string of the molecule is Cc1cc(N)cc(S(=O)(=O)NCc2nccs2)c1C. The van der Waals surface area contributed by atoms with Crippen LogP contribution in [-0.4, -0.2) is 13.4 Å². The fraction of sp³-hybridized carbons (Fsp3) is 0.250. The number of rotatable bonds is 4. The second-order valence-electron chi connectivity index (χ2n) is 4.21. The molecule has 102 valence electrons. The van der Waals surface area contributed by atoms with Gasteiger partial charge in [-0.3, -0.25) is 0 Å². The fourth-order valence-corrected chi connectivity index (χ4v) is 3.69. The molecule has 0 amide bonds. The number of nitrogens with one attached hydrogen (secondary N) is 1. The van der Waals surface area contributed by atoms with Gasteiger partial charge in [0.05, 0.1) is 11.4 Å². The van der Waals surface area contributed by atoms with Gasteiger partial charge in [0.15, 0.2) is 0 Å². The van der Waals surface area contributed by atoms with E-state index in [0.29, 0.717) is 11.3 Å². The van der Waals surface area contributed by atoms with Gasteiger partial charge in [-0.05, 0) is 37.1 Å². The minimum absolute atomic E-state index is 0.188. The summed E-state index contributed by atoms with van der Waals surface area (Å²) in [5, 5.41) is 2.53. The van der Waals surface area contributed by atoms with Crippen molar-refractivity contribution in [2.24, 2.45) is 0 Å². The highest BCUT2D eigenvalue weighted by Crippen LogP contribution is 2.22. The number of nitrogens with zero attached hydrogens (tertiary/aromatic N) is 1. The van der Waals surface area contributed by atoms with Crippen molar-refractivity contribution >= 4 is 27.0 Å². The molecule has 1 aromatic carbocycles. The largest absolute Gasteiger partial charge is 0.399 e. The van der Waals surface area contributed by atoms with Crippen molar-refractivity contribution in [1.29, 1.82) is 0 Å². The summed E-state index contributed by atoms with van der Waals surface area (Å²) in [5.74, 6) is 0. The van der Waals surface area contributed by atoms with Crippen LogP contribution in [0.1, 0.15) is 16.1 Å². The van der Waals surface area contributed by atoms with Crippen LogP contribution in [0.3, 0.4) is 0 Å². The first-order valence-corrected chi connectivity index (χ1v) is 8.01. The van der Waals surface area contributed by atoms with Crippen molar-refractivity contribution in [1.82, 2.24) is 9.71 Å². The normalized spacial score (nSPS) is 11.7. The molecule has 1 heterocycles. The number of nitrogen functional groups attached to an aromatic ring is 1. The molecule has 19 heavy (non-hydrogen) atoms. The topological polar surface area (TPSA) is 85.1 Å². The van der Waals surface area contributed by atoms with Gasteiger partial charge in [-0.25, -0.2) is 18.1 Å². The zero-order valence-corrected chi connectivity index (χ0v) is 12.3. The first-order chi connectivity index (χ1) is 8.90. The number of benzene rings is 1. The molecule has 0 saturated carbocycles. The molecule has 0 atom stereocenters. The van der Waals surface area contributed by atoms with E-state index in [4.69, 9.17) is 5.73 Å². The number of thiazole rings is 1. The number of anilines is 1. The van der Waals surface area contributed by atoms with Gasteiger partial charge in [-0.15, -0.1) is 11.3 Å². The standard InChI is InChI=1S/C12H15N3O2S2/c1-8-5-10(13)6-11(9(8)2)19(16,17)15-7-12-14-3-4-18-12/h3-6,15H,7,13H2,1-2H3. The number of aromatic nitrogens is 1. The Morgan fingerprint density at radius 1 is 1.37 bits per heavy atom. The van der Waals surface area contributed by atoms with Gasteiger partial charge in [0.25, 0.3) is 0 Å². The van der Waals surface area contributed by atoms with Crippen LogP contribution < -0.4 is 10.5 Å². The lowest BCUT2D eigenvalue weighted by Crippen LogP contribution is -2.24. The predicted octanol–water partition coefficient (Wildman–Crippen LogP) is 1.82. The lowest BCUT2D eigenvalue weighted by Gasteiger charge is -2.11. The number of hydrogen-bond acceptors (Lipinski definition) is 5. The number of aryl methyl sites for hydroxylation is 1. The van der Waals surface area contributed by atoms with Gasteiger partial charge in [0.1, 0.15) is 5.01 Å². The Balaban J connectivity index is 2.29. The smallest absolute Gasteiger partial charge is 0.241 e. The van der Waals surface area contributed by atoms with Gasteiger partial charge in [0.2, 0.25) is 10.0 Å². The van der Waals surface area contributed by atoms with Gasteiger partial charge in [0, 0.05) is 17.3 Å². The predicted molar refractivity (Wildman–Crippen MR) is 76.5 cm³/mol.